The minimum atomic E-state index is -0.123. The van der Waals surface area contributed by atoms with E-state index in [1.165, 1.54) is 0 Å². The number of rotatable bonds is 4. The van der Waals surface area contributed by atoms with Crippen molar-refractivity contribution in [3.8, 4) is 5.69 Å². The van der Waals surface area contributed by atoms with Gasteiger partial charge in [-0.3, -0.25) is 0 Å². The molecule has 0 amide bonds. The van der Waals surface area contributed by atoms with Gasteiger partial charge in [0, 0.05) is 12.6 Å². The van der Waals surface area contributed by atoms with E-state index in [4.69, 9.17) is 0 Å². The third-order valence-corrected chi connectivity index (χ3v) is 3.21. The van der Waals surface area contributed by atoms with Crippen LogP contribution in [0, 0.1) is 0 Å². The van der Waals surface area contributed by atoms with Gasteiger partial charge in [-0.05, 0) is 25.0 Å². The van der Waals surface area contributed by atoms with Gasteiger partial charge in [-0.15, -0.1) is 0 Å². The Morgan fingerprint density at radius 3 is 2.78 bits per heavy atom. The van der Waals surface area contributed by atoms with Gasteiger partial charge in [-0.25, -0.2) is 0 Å². The number of aliphatic hydroxyl groups is 1. The summed E-state index contributed by atoms with van der Waals surface area (Å²) in [5.74, 6) is 0. The van der Waals surface area contributed by atoms with E-state index in [1.54, 1.807) is 11.0 Å². The molecule has 0 unspecified atom stereocenters. The van der Waals surface area contributed by atoms with Gasteiger partial charge in [0.1, 0.15) is 0 Å². The fourth-order valence-corrected chi connectivity index (χ4v) is 2.06. The van der Waals surface area contributed by atoms with E-state index in [2.05, 4.69) is 15.5 Å². The highest BCUT2D eigenvalue weighted by atomic mass is 16.3. The van der Waals surface area contributed by atoms with Crippen LogP contribution in [0.3, 0.4) is 0 Å². The topological polar surface area (TPSA) is 63.0 Å². The third-order valence-electron chi connectivity index (χ3n) is 3.21. The molecule has 2 aromatic rings. The van der Waals surface area contributed by atoms with Crippen molar-refractivity contribution >= 4 is 0 Å². The maximum Gasteiger partial charge on any atom is 0.0969 e. The van der Waals surface area contributed by atoms with Gasteiger partial charge in [0.2, 0.25) is 0 Å². The summed E-state index contributed by atoms with van der Waals surface area (Å²) in [6.07, 6.45) is 3.33. The van der Waals surface area contributed by atoms with Crippen molar-refractivity contribution in [3.05, 3.63) is 42.2 Å². The number of aliphatic hydroxyl groups excluding tert-OH is 1. The first-order valence-corrected chi connectivity index (χ1v) is 6.19. The van der Waals surface area contributed by atoms with Gasteiger partial charge in [0.15, 0.2) is 0 Å². The minimum absolute atomic E-state index is 0.123. The van der Waals surface area contributed by atoms with Crippen molar-refractivity contribution in [3.63, 3.8) is 0 Å². The Morgan fingerprint density at radius 1 is 1.28 bits per heavy atom. The smallest absolute Gasteiger partial charge is 0.0969 e. The van der Waals surface area contributed by atoms with Gasteiger partial charge in [-0.2, -0.15) is 15.0 Å². The van der Waals surface area contributed by atoms with Crippen molar-refractivity contribution < 1.29 is 5.11 Å². The Labute approximate surface area is 105 Å². The molecule has 0 aliphatic heterocycles. The molecule has 1 heterocycles. The Morgan fingerprint density at radius 2 is 2.06 bits per heavy atom. The predicted molar refractivity (Wildman–Crippen MR) is 67.2 cm³/mol. The number of para-hydroxylation sites is 1. The summed E-state index contributed by atoms with van der Waals surface area (Å²) in [5, 5.41) is 21.2. The van der Waals surface area contributed by atoms with Crippen LogP contribution in [0.5, 0.6) is 0 Å². The van der Waals surface area contributed by atoms with Crippen molar-refractivity contribution in [1.29, 1.82) is 0 Å². The van der Waals surface area contributed by atoms with Crippen LogP contribution >= 0.6 is 0 Å². The lowest BCUT2D eigenvalue weighted by atomic mass is 9.89. The molecule has 5 nitrogen and oxygen atoms in total. The van der Waals surface area contributed by atoms with E-state index in [9.17, 15) is 5.11 Å². The summed E-state index contributed by atoms with van der Waals surface area (Å²) in [6, 6.07) is 10.3. The average Bonchev–Trinajstić information content (AvgIpc) is 2.83. The molecule has 2 N–H and O–H groups in total. The average molecular weight is 244 g/mol. The zero-order valence-corrected chi connectivity index (χ0v) is 10.0. The SMILES string of the molecule is OC1CC(NCc2cnn(-c3ccccc3)n2)C1. The van der Waals surface area contributed by atoms with Gasteiger partial charge in [-0.1, -0.05) is 18.2 Å². The van der Waals surface area contributed by atoms with Crippen LogP contribution in [0.2, 0.25) is 0 Å². The number of nitrogens with one attached hydrogen (secondary N) is 1. The van der Waals surface area contributed by atoms with Crippen LogP contribution < -0.4 is 5.32 Å². The Bertz CT molecular complexity index is 505. The molecule has 1 aliphatic carbocycles. The number of nitrogens with zero attached hydrogens (tertiary/aromatic N) is 3. The van der Waals surface area contributed by atoms with Crippen LogP contribution in [0.15, 0.2) is 36.5 Å². The first-order chi connectivity index (χ1) is 8.81. The van der Waals surface area contributed by atoms with Crippen molar-refractivity contribution in [2.45, 2.75) is 31.5 Å². The molecule has 0 saturated heterocycles. The quantitative estimate of drug-likeness (QED) is 0.838. The minimum Gasteiger partial charge on any atom is -0.393 e. The van der Waals surface area contributed by atoms with Crippen LogP contribution in [-0.2, 0) is 6.54 Å². The summed E-state index contributed by atoms with van der Waals surface area (Å²) in [6.45, 7) is 0.699. The summed E-state index contributed by atoms with van der Waals surface area (Å²) < 4.78 is 0. The summed E-state index contributed by atoms with van der Waals surface area (Å²) in [4.78, 5) is 1.63. The molecule has 18 heavy (non-hydrogen) atoms. The number of benzene rings is 1. The molecule has 1 fully saturated rings. The second-order valence-corrected chi connectivity index (χ2v) is 4.66. The molecule has 1 aliphatic rings. The third kappa shape index (κ3) is 2.42. The van der Waals surface area contributed by atoms with Crippen LogP contribution in [0.25, 0.3) is 5.69 Å². The van der Waals surface area contributed by atoms with Gasteiger partial charge in [0.25, 0.3) is 0 Å². The second kappa shape index (κ2) is 4.88. The normalized spacial score (nSPS) is 22.7. The Balaban J connectivity index is 1.60. The molecule has 94 valence electrons. The summed E-state index contributed by atoms with van der Waals surface area (Å²) in [7, 11) is 0. The highest BCUT2D eigenvalue weighted by Gasteiger charge is 2.26. The molecule has 3 rings (SSSR count). The molecular weight excluding hydrogens is 228 g/mol. The Hall–Kier alpha value is -1.72. The predicted octanol–water partition coefficient (Wildman–Crippen LogP) is 0.880. The molecule has 1 aromatic carbocycles. The highest BCUT2D eigenvalue weighted by molar-refractivity contribution is 5.28. The fraction of sp³-hybridized carbons (Fsp3) is 0.385. The highest BCUT2D eigenvalue weighted by Crippen LogP contribution is 2.19. The molecule has 1 aromatic heterocycles. The largest absolute Gasteiger partial charge is 0.393 e. The van der Waals surface area contributed by atoms with Crippen LogP contribution in [0.4, 0.5) is 0 Å². The second-order valence-electron chi connectivity index (χ2n) is 4.66. The van der Waals surface area contributed by atoms with Gasteiger partial charge >= 0.3 is 0 Å². The van der Waals surface area contributed by atoms with Crippen LogP contribution in [-0.4, -0.2) is 32.2 Å². The van der Waals surface area contributed by atoms with E-state index < -0.39 is 0 Å². The van der Waals surface area contributed by atoms with Crippen molar-refractivity contribution in [2.24, 2.45) is 0 Å². The summed E-state index contributed by atoms with van der Waals surface area (Å²) in [5.41, 5.74) is 1.88. The first-order valence-electron chi connectivity index (χ1n) is 6.19. The standard InChI is InChI=1S/C13H16N4O/c18-13-6-10(7-13)14-8-11-9-15-17(16-11)12-4-2-1-3-5-12/h1-5,9-10,13-14,18H,6-8H2. The maximum atomic E-state index is 9.20. The molecule has 0 atom stereocenters. The summed E-state index contributed by atoms with van der Waals surface area (Å²) >= 11 is 0. The number of hydrogen-bond acceptors (Lipinski definition) is 4. The van der Waals surface area contributed by atoms with E-state index in [0.29, 0.717) is 12.6 Å². The lowest BCUT2D eigenvalue weighted by Gasteiger charge is -2.31. The molecular formula is C13H16N4O. The van der Waals surface area contributed by atoms with E-state index in [1.807, 2.05) is 30.3 Å². The Kier molecular flexibility index (Phi) is 3.08. The first kappa shape index (κ1) is 11.4. The molecule has 0 bridgehead atoms. The zero-order chi connectivity index (χ0) is 12.4. The molecule has 0 spiro atoms. The van der Waals surface area contributed by atoms with Gasteiger partial charge in [0.05, 0.1) is 23.7 Å². The van der Waals surface area contributed by atoms with Crippen molar-refractivity contribution in [2.75, 3.05) is 0 Å². The van der Waals surface area contributed by atoms with Gasteiger partial charge < -0.3 is 10.4 Å². The zero-order valence-electron chi connectivity index (χ0n) is 10.0. The number of aromatic nitrogens is 3. The lowest BCUT2D eigenvalue weighted by molar-refractivity contribution is 0.0618. The van der Waals surface area contributed by atoms with E-state index >= 15 is 0 Å². The molecule has 0 radical (unpaired) electrons. The monoisotopic (exact) mass is 244 g/mol. The van der Waals surface area contributed by atoms with Crippen molar-refractivity contribution in [1.82, 2.24) is 20.3 Å². The molecule has 1 saturated carbocycles. The van der Waals surface area contributed by atoms with E-state index in [0.717, 1.165) is 24.2 Å². The lowest BCUT2D eigenvalue weighted by Crippen LogP contribution is -2.43. The maximum absolute atomic E-state index is 9.20. The fourth-order valence-electron chi connectivity index (χ4n) is 2.06. The number of hydrogen-bond donors (Lipinski definition) is 2. The molecule has 5 heteroatoms. The van der Waals surface area contributed by atoms with E-state index in [-0.39, 0.29) is 6.10 Å². The van der Waals surface area contributed by atoms with Crippen LogP contribution in [0.1, 0.15) is 18.5 Å².